The highest BCUT2D eigenvalue weighted by molar-refractivity contribution is 6.10. The summed E-state index contributed by atoms with van der Waals surface area (Å²) < 4.78 is 5.62. The van der Waals surface area contributed by atoms with Crippen LogP contribution in [-0.2, 0) is 17.6 Å². The Morgan fingerprint density at radius 2 is 2.04 bits per heavy atom. The van der Waals surface area contributed by atoms with E-state index in [1.165, 1.54) is 56.2 Å². The highest BCUT2D eigenvalue weighted by Crippen LogP contribution is 2.28. The van der Waals surface area contributed by atoms with Crippen molar-refractivity contribution in [3.8, 4) is 0 Å². The van der Waals surface area contributed by atoms with Gasteiger partial charge in [-0.05, 0) is 55.4 Å². The smallest absolute Gasteiger partial charge is 0.146 e. The summed E-state index contributed by atoms with van der Waals surface area (Å²) in [5, 5.41) is 0. The third-order valence-corrected chi connectivity index (χ3v) is 5.57. The molecule has 0 amide bonds. The quantitative estimate of drug-likeness (QED) is 0.762. The van der Waals surface area contributed by atoms with Crippen molar-refractivity contribution in [1.82, 2.24) is 9.97 Å². The molecule has 0 fully saturated rings. The molecule has 0 aromatic carbocycles. The van der Waals surface area contributed by atoms with Crippen LogP contribution in [0.25, 0.3) is 0 Å². The first kappa shape index (κ1) is 17.9. The van der Waals surface area contributed by atoms with Gasteiger partial charge in [0, 0.05) is 24.2 Å². The van der Waals surface area contributed by atoms with E-state index in [9.17, 15) is 0 Å². The van der Waals surface area contributed by atoms with Gasteiger partial charge in [0.05, 0.1) is 18.5 Å². The molecular weight excluding hydrogens is 334 g/mol. The molecule has 1 atom stereocenters. The number of nitrogens with one attached hydrogen (secondary N) is 2. The molecule has 1 unspecified atom stereocenters. The number of aromatic amines is 2. The third kappa shape index (κ3) is 4.44. The van der Waals surface area contributed by atoms with Gasteiger partial charge in [-0.25, -0.2) is 4.99 Å². The highest BCUT2D eigenvalue weighted by Gasteiger charge is 2.19. The van der Waals surface area contributed by atoms with Crippen LogP contribution in [0.4, 0.5) is 0 Å². The summed E-state index contributed by atoms with van der Waals surface area (Å²) in [6, 6.07) is 6.39. The van der Waals surface area contributed by atoms with E-state index in [0.29, 0.717) is 5.92 Å². The van der Waals surface area contributed by atoms with Crippen molar-refractivity contribution in [3.63, 3.8) is 0 Å². The Balaban J connectivity index is 1.57. The van der Waals surface area contributed by atoms with E-state index in [1.54, 1.807) is 7.11 Å². The number of rotatable bonds is 3. The van der Waals surface area contributed by atoms with E-state index >= 15 is 0 Å². The Kier molecular flexibility index (Phi) is 5.61. The maximum absolute atomic E-state index is 5.62. The van der Waals surface area contributed by atoms with Crippen molar-refractivity contribution in [1.29, 1.82) is 0 Å². The Hall–Kier alpha value is -2.49. The van der Waals surface area contributed by atoms with Gasteiger partial charge in [-0.1, -0.05) is 31.8 Å². The average Bonchev–Trinajstić information content (AvgIpc) is 3.40. The number of H-pyrrole nitrogens is 2. The first-order valence-corrected chi connectivity index (χ1v) is 10.2. The molecule has 4 rings (SSSR count). The van der Waals surface area contributed by atoms with Gasteiger partial charge in [-0.15, -0.1) is 0 Å². The molecule has 2 N–H and O–H groups in total. The molecule has 1 aliphatic carbocycles. The van der Waals surface area contributed by atoms with Crippen molar-refractivity contribution < 1.29 is 4.74 Å². The number of aryl methyl sites for hydroxylation is 1. The van der Waals surface area contributed by atoms with Crippen molar-refractivity contribution in [2.75, 3.05) is 7.11 Å². The number of ether oxygens (including phenoxy) is 1. The molecule has 2 aromatic rings. The Morgan fingerprint density at radius 3 is 2.89 bits per heavy atom. The fourth-order valence-corrected chi connectivity index (χ4v) is 4.10. The van der Waals surface area contributed by atoms with Crippen molar-refractivity contribution in [2.45, 2.75) is 51.4 Å². The summed E-state index contributed by atoms with van der Waals surface area (Å²) in [5.41, 5.74) is 5.72. The minimum atomic E-state index is 0.480. The second-order valence-corrected chi connectivity index (χ2v) is 7.65. The van der Waals surface area contributed by atoms with Crippen LogP contribution >= 0.6 is 0 Å². The van der Waals surface area contributed by atoms with E-state index < -0.39 is 0 Å². The summed E-state index contributed by atoms with van der Waals surface area (Å²) in [4.78, 5) is 11.5. The van der Waals surface area contributed by atoms with Crippen LogP contribution in [0.5, 0.6) is 0 Å². The van der Waals surface area contributed by atoms with E-state index in [1.807, 2.05) is 24.4 Å². The van der Waals surface area contributed by atoms with Crippen LogP contribution in [0.3, 0.4) is 0 Å². The summed E-state index contributed by atoms with van der Waals surface area (Å²) >= 11 is 0. The lowest BCUT2D eigenvalue weighted by molar-refractivity contribution is 0.301. The van der Waals surface area contributed by atoms with Crippen molar-refractivity contribution >= 4 is 5.71 Å². The minimum Gasteiger partial charge on any atom is -0.494 e. The van der Waals surface area contributed by atoms with E-state index in [4.69, 9.17) is 9.73 Å². The summed E-state index contributed by atoms with van der Waals surface area (Å²) in [6.45, 7) is 0. The molecule has 2 aliphatic rings. The topological polar surface area (TPSA) is 53.2 Å². The van der Waals surface area contributed by atoms with E-state index in [0.717, 1.165) is 29.3 Å². The Morgan fingerprint density at radius 1 is 1.15 bits per heavy atom. The third-order valence-electron chi connectivity index (χ3n) is 5.57. The monoisotopic (exact) mass is 363 g/mol. The van der Waals surface area contributed by atoms with E-state index in [2.05, 4.69) is 28.3 Å². The molecule has 0 radical (unpaired) electrons. The molecule has 0 saturated heterocycles. The SMILES string of the molecule is COC1=CC(c2ccc[nH]2)=N/C1=C/C1CCCCCCCc2cc(c[nH]2)C1. The van der Waals surface area contributed by atoms with Crippen LogP contribution in [0, 0.1) is 5.92 Å². The predicted octanol–water partition coefficient (Wildman–Crippen LogP) is 5.32. The number of hydrogen-bond donors (Lipinski definition) is 2. The molecule has 4 heteroatoms. The predicted molar refractivity (Wildman–Crippen MR) is 110 cm³/mol. The number of fused-ring (bicyclic) bond motifs is 2. The maximum Gasteiger partial charge on any atom is 0.146 e. The van der Waals surface area contributed by atoms with Crippen molar-refractivity contribution in [3.05, 3.63) is 71.2 Å². The number of allylic oxidation sites excluding steroid dienone is 2. The van der Waals surface area contributed by atoms with Gasteiger partial charge in [-0.3, -0.25) is 0 Å². The van der Waals surface area contributed by atoms with Gasteiger partial charge in [-0.2, -0.15) is 0 Å². The molecule has 27 heavy (non-hydrogen) atoms. The average molecular weight is 364 g/mol. The van der Waals surface area contributed by atoms with Gasteiger partial charge < -0.3 is 14.7 Å². The zero-order valence-electron chi connectivity index (χ0n) is 16.1. The Bertz CT molecular complexity index is 839. The van der Waals surface area contributed by atoms with Crippen molar-refractivity contribution in [2.24, 2.45) is 10.9 Å². The lowest BCUT2D eigenvalue weighted by Gasteiger charge is -2.14. The largest absolute Gasteiger partial charge is 0.494 e. The first-order chi connectivity index (χ1) is 13.3. The molecule has 0 spiro atoms. The minimum absolute atomic E-state index is 0.480. The number of aromatic nitrogens is 2. The van der Waals surface area contributed by atoms with Crippen LogP contribution in [-0.4, -0.2) is 22.8 Å². The lowest BCUT2D eigenvalue weighted by atomic mass is 9.92. The lowest BCUT2D eigenvalue weighted by Crippen LogP contribution is -2.03. The summed E-state index contributed by atoms with van der Waals surface area (Å²) in [5.74, 6) is 1.34. The zero-order valence-corrected chi connectivity index (χ0v) is 16.1. The molecule has 3 heterocycles. The van der Waals surface area contributed by atoms with Crippen LogP contribution in [0.1, 0.15) is 55.5 Å². The Labute approximate surface area is 161 Å². The van der Waals surface area contributed by atoms with Gasteiger partial charge in [0.25, 0.3) is 0 Å². The first-order valence-electron chi connectivity index (χ1n) is 10.2. The molecule has 4 nitrogen and oxygen atoms in total. The zero-order chi connectivity index (χ0) is 18.5. The van der Waals surface area contributed by atoms with Crippen LogP contribution < -0.4 is 0 Å². The number of aliphatic imine (C=N–C) groups is 1. The molecule has 2 bridgehead atoms. The maximum atomic E-state index is 5.62. The van der Waals surface area contributed by atoms with Crippen LogP contribution in [0.2, 0.25) is 0 Å². The fourth-order valence-electron chi connectivity index (χ4n) is 4.10. The highest BCUT2D eigenvalue weighted by atomic mass is 16.5. The molecule has 2 aromatic heterocycles. The van der Waals surface area contributed by atoms with Gasteiger partial charge in [0.15, 0.2) is 0 Å². The molecule has 1 aliphatic heterocycles. The number of methoxy groups -OCH3 is 1. The fraction of sp³-hybridized carbons (Fsp3) is 0.435. The molecular formula is C23H29N3O. The normalized spacial score (nSPS) is 22.7. The summed E-state index contributed by atoms with van der Waals surface area (Å²) in [6.07, 6.45) is 18.5. The van der Waals surface area contributed by atoms with Gasteiger partial charge in [0.1, 0.15) is 11.5 Å². The second-order valence-electron chi connectivity index (χ2n) is 7.65. The molecule has 142 valence electrons. The summed E-state index contributed by atoms with van der Waals surface area (Å²) in [7, 11) is 1.73. The van der Waals surface area contributed by atoms with E-state index in [-0.39, 0.29) is 0 Å². The van der Waals surface area contributed by atoms with Gasteiger partial charge >= 0.3 is 0 Å². The van der Waals surface area contributed by atoms with Gasteiger partial charge in [0.2, 0.25) is 0 Å². The van der Waals surface area contributed by atoms with Crippen LogP contribution in [0.15, 0.2) is 59.2 Å². The second kappa shape index (κ2) is 8.47. The number of nitrogens with zero attached hydrogens (tertiary/aromatic N) is 1. The number of hydrogen-bond acceptors (Lipinski definition) is 2. The molecule has 0 saturated carbocycles. The standard InChI is InChI=1S/C23H29N3O/c1-27-23-15-21(20-10-7-11-24-20)26-22(23)14-17-8-5-3-2-4-6-9-19-13-18(12-17)16-25-19/h7,10-11,13-17,24-25H,2-6,8-9,12H2,1H3/b22-14+.